The summed E-state index contributed by atoms with van der Waals surface area (Å²) in [6, 6.07) is 2.07. The zero-order valence-corrected chi connectivity index (χ0v) is 12.6. The number of hydrogen-bond acceptors (Lipinski definition) is 2. The maximum Gasteiger partial charge on any atom is 0.261 e. The molecule has 0 spiro atoms. The van der Waals surface area contributed by atoms with Crippen LogP contribution in [0.1, 0.15) is 53.2 Å². The molecule has 0 radical (unpaired) electrons. The zero-order valence-electron chi connectivity index (χ0n) is 11.0. The summed E-state index contributed by atoms with van der Waals surface area (Å²) in [5.41, 5.74) is 1.19. The summed E-state index contributed by atoms with van der Waals surface area (Å²) in [4.78, 5) is 14.5. The summed E-state index contributed by atoms with van der Waals surface area (Å²) in [5.74, 6) is 0.634. The van der Waals surface area contributed by atoms with Crippen LogP contribution in [0, 0.1) is 0 Å². The fourth-order valence-electron chi connectivity index (χ4n) is 2.31. The van der Waals surface area contributed by atoms with Crippen LogP contribution < -0.4 is 5.32 Å². The fraction of sp³-hybridized carbons (Fsp3) is 0.643. The van der Waals surface area contributed by atoms with E-state index >= 15 is 0 Å². The highest BCUT2D eigenvalue weighted by molar-refractivity contribution is 7.14. The van der Waals surface area contributed by atoms with E-state index in [9.17, 15) is 4.79 Å². The summed E-state index contributed by atoms with van der Waals surface area (Å²) >= 11 is 7.46. The maximum absolute atomic E-state index is 12.3. The minimum absolute atomic E-state index is 0.0591. The number of carbonyl (C=O) groups excluding carboxylic acids is 1. The number of halogens is 1. The first-order valence-corrected chi connectivity index (χ1v) is 7.93. The van der Waals surface area contributed by atoms with Gasteiger partial charge in [0.05, 0.1) is 4.88 Å². The van der Waals surface area contributed by atoms with Gasteiger partial charge >= 0.3 is 0 Å². The van der Waals surface area contributed by atoms with Crippen LogP contribution in [-0.2, 0) is 12.8 Å². The Morgan fingerprint density at radius 2 is 2.33 bits per heavy atom. The van der Waals surface area contributed by atoms with Gasteiger partial charge in [-0.3, -0.25) is 4.79 Å². The van der Waals surface area contributed by atoms with E-state index in [2.05, 4.69) is 25.2 Å². The largest absolute Gasteiger partial charge is 0.346 e. The van der Waals surface area contributed by atoms with Crippen LogP contribution in [0.3, 0.4) is 0 Å². The summed E-state index contributed by atoms with van der Waals surface area (Å²) in [6.07, 6.45) is 5.21. The van der Waals surface area contributed by atoms with E-state index in [1.807, 2.05) is 0 Å². The van der Waals surface area contributed by atoms with Gasteiger partial charge in [-0.2, -0.15) is 0 Å². The van der Waals surface area contributed by atoms with Crippen LogP contribution in [0.2, 0.25) is 0 Å². The first kappa shape index (κ1) is 13.9. The monoisotopic (exact) mass is 285 g/mol. The number of amides is 1. The minimum Gasteiger partial charge on any atom is -0.346 e. The fourth-order valence-corrected chi connectivity index (χ4v) is 3.88. The maximum atomic E-state index is 12.3. The van der Waals surface area contributed by atoms with E-state index in [0.717, 1.165) is 30.6 Å². The molecule has 0 aliphatic heterocycles. The highest BCUT2D eigenvalue weighted by Crippen LogP contribution is 2.31. The number of aryl methyl sites for hydroxylation is 2. The van der Waals surface area contributed by atoms with Crippen molar-refractivity contribution in [2.45, 2.75) is 51.5 Å². The lowest BCUT2D eigenvalue weighted by Gasteiger charge is -2.28. The summed E-state index contributed by atoms with van der Waals surface area (Å²) in [5, 5.41) is 3.14. The van der Waals surface area contributed by atoms with Crippen LogP contribution in [0.15, 0.2) is 6.07 Å². The Hall–Kier alpha value is -0.540. The first-order valence-electron chi connectivity index (χ1n) is 6.58. The van der Waals surface area contributed by atoms with Gasteiger partial charge in [-0.1, -0.05) is 6.92 Å². The quantitative estimate of drug-likeness (QED) is 0.820. The molecule has 0 fully saturated rings. The van der Waals surface area contributed by atoms with Crippen molar-refractivity contribution in [2.75, 3.05) is 5.88 Å². The van der Waals surface area contributed by atoms with Crippen molar-refractivity contribution in [1.29, 1.82) is 0 Å². The Morgan fingerprint density at radius 1 is 1.56 bits per heavy atom. The smallest absolute Gasteiger partial charge is 0.261 e. The topological polar surface area (TPSA) is 29.1 Å². The van der Waals surface area contributed by atoms with Crippen molar-refractivity contribution in [2.24, 2.45) is 0 Å². The predicted molar refractivity (Wildman–Crippen MR) is 77.8 cm³/mol. The summed E-state index contributed by atoms with van der Waals surface area (Å²) in [6.45, 7) is 4.15. The van der Waals surface area contributed by atoms with E-state index in [4.69, 9.17) is 11.6 Å². The van der Waals surface area contributed by atoms with Crippen molar-refractivity contribution in [3.05, 3.63) is 21.4 Å². The van der Waals surface area contributed by atoms with E-state index in [-0.39, 0.29) is 11.4 Å². The predicted octanol–water partition coefficient (Wildman–Crippen LogP) is 3.76. The van der Waals surface area contributed by atoms with Crippen molar-refractivity contribution in [1.82, 2.24) is 5.32 Å². The SMILES string of the molecule is CCC(C)(CCCl)NC(=O)c1cc2c(s1)CCC2. The Balaban J connectivity index is 2.06. The lowest BCUT2D eigenvalue weighted by atomic mass is 9.95. The lowest BCUT2D eigenvalue weighted by Crippen LogP contribution is -2.45. The molecule has 18 heavy (non-hydrogen) atoms. The Labute approximate surface area is 118 Å². The number of thiophene rings is 1. The highest BCUT2D eigenvalue weighted by Gasteiger charge is 2.26. The van der Waals surface area contributed by atoms with Crippen LogP contribution in [0.25, 0.3) is 0 Å². The molecule has 0 saturated carbocycles. The number of nitrogens with one attached hydrogen (secondary N) is 1. The molecule has 100 valence electrons. The Kier molecular flexibility index (Phi) is 4.33. The normalized spacial score (nSPS) is 17.3. The van der Waals surface area contributed by atoms with E-state index in [1.54, 1.807) is 11.3 Å². The van der Waals surface area contributed by atoms with Crippen LogP contribution in [-0.4, -0.2) is 17.3 Å². The molecular formula is C14H20ClNOS. The third-order valence-corrected chi connectivity index (χ3v) is 5.24. The molecule has 1 atom stereocenters. The molecule has 1 heterocycles. The molecule has 1 aliphatic carbocycles. The van der Waals surface area contributed by atoms with Crippen LogP contribution >= 0.6 is 22.9 Å². The molecule has 1 N–H and O–H groups in total. The Morgan fingerprint density at radius 3 is 2.94 bits per heavy atom. The second-order valence-corrected chi connectivity index (χ2v) is 6.73. The average Bonchev–Trinajstić information content (AvgIpc) is 2.89. The molecule has 1 unspecified atom stereocenters. The zero-order chi connectivity index (χ0) is 13.2. The third-order valence-electron chi connectivity index (χ3n) is 3.81. The van der Waals surface area contributed by atoms with E-state index < -0.39 is 0 Å². The van der Waals surface area contributed by atoms with E-state index in [1.165, 1.54) is 16.9 Å². The molecule has 2 nitrogen and oxygen atoms in total. The van der Waals surface area contributed by atoms with E-state index in [0.29, 0.717) is 5.88 Å². The summed E-state index contributed by atoms with van der Waals surface area (Å²) in [7, 11) is 0. The van der Waals surface area contributed by atoms with Crippen molar-refractivity contribution in [3.63, 3.8) is 0 Å². The lowest BCUT2D eigenvalue weighted by molar-refractivity contribution is 0.0905. The van der Waals surface area contributed by atoms with Gasteiger partial charge in [0.1, 0.15) is 0 Å². The molecular weight excluding hydrogens is 266 g/mol. The van der Waals surface area contributed by atoms with Crippen LogP contribution in [0.5, 0.6) is 0 Å². The molecule has 1 aromatic heterocycles. The highest BCUT2D eigenvalue weighted by atomic mass is 35.5. The third kappa shape index (κ3) is 2.89. The standard InChI is InChI=1S/C14H20ClNOS/c1-3-14(2,7-8-15)16-13(17)12-9-10-5-4-6-11(10)18-12/h9H,3-8H2,1-2H3,(H,16,17). The number of hydrogen-bond donors (Lipinski definition) is 1. The van der Waals surface area contributed by atoms with Gasteiger partial charge < -0.3 is 5.32 Å². The van der Waals surface area contributed by atoms with Gasteiger partial charge in [-0.25, -0.2) is 0 Å². The minimum atomic E-state index is -0.187. The second-order valence-electron chi connectivity index (χ2n) is 5.22. The molecule has 2 rings (SSSR count). The molecule has 1 aromatic rings. The number of carbonyl (C=O) groups is 1. The van der Waals surface area contributed by atoms with Gasteiger partial charge in [0.25, 0.3) is 5.91 Å². The average molecular weight is 286 g/mol. The van der Waals surface area contributed by atoms with Gasteiger partial charge in [-0.15, -0.1) is 22.9 Å². The molecule has 1 amide bonds. The van der Waals surface area contributed by atoms with Crippen LogP contribution in [0.4, 0.5) is 0 Å². The van der Waals surface area contributed by atoms with Gasteiger partial charge in [-0.05, 0) is 50.7 Å². The number of fused-ring (bicyclic) bond motifs is 1. The number of rotatable bonds is 5. The second kappa shape index (κ2) is 5.62. The molecule has 1 aliphatic rings. The van der Waals surface area contributed by atoms with Crippen molar-refractivity contribution >= 4 is 28.8 Å². The molecule has 0 bridgehead atoms. The summed E-state index contributed by atoms with van der Waals surface area (Å²) < 4.78 is 0. The molecule has 0 aromatic carbocycles. The van der Waals surface area contributed by atoms with Gasteiger partial charge in [0.15, 0.2) is 0 Å². The first-order chi connectivity index (χ1) is 8.58. The Bertz CT molecular complexity index is 422. The van der Waals surface area contributed by atoms with Crippen molar-refractivity contribution < 1.29 is 4.79 Å². The van der Waals surface area contributed by atoms with Gasteiger partial charge in [0, 0.05) is 16.3 Å². The number of alkyl halides is 1. The molecule has 4 heteroatoms. The molecule has 0 saturated heterocycles. The van der Waals surface area contributed by atoms with Gasteiger partial charge in [0.2, 0.25) is 0 Å². The van der Waals surface area contributed by atoms with Crippen molar-refractivity contribution in [3.8, 4) is 0 Å².